The molecule has 4 aromatic rings. The Morgan fingerprint density at radius 1 is 1.09 bits per heavy atom. The van der Waals surface area contributed by atoms with Crippen molar-refractivity contribution in [2.45, 2.75) is 39.2 Å². The first-order valence-electron chi connectivity index (χ1n) is 10.6. The summed E-state index contributed by atoms with van der Waals surface area (Å²) in [4.78, 5) is 26.8. The van der Waals surface area contributed by atoms with E-state index in [1.165, 1.54) is 4.80 Å². The molecule has 8 nitrogen and oxygen atoms in total. The Bertz CT molecular complexity index is 1340. The average molecular weight is 450 g/mol. The molecule has 1 saturated heterocycles. The van der Waals surface area contributed by atoms with Crippen molar-refractivity contribution in [2.24, 2.45) is 7.05 Å². The molecule has 9 heteroatoms. The predicted octanol–water partition coefficient (Wildman–Crippen LogP) is 3.97. The number of hydrogen-bond acceptors (Lipinski definition) is 5. The summed E-state index contributed by atoms with van der Waals surface area (Å²) in [5.74, 6) is 0.693. The highest BCUT2D eigenvalue weighted by molar-refractivity contribution is 6.32. The minimum atomic E-state index is -0.579. The standard InChI is InChI=1S/C23H24ClN7O/c1-14-6-8-18(31-25-11-12-26-31)20(27-14)21(32)30-13-5-10-23(30,3)22-28-19-15(2)16(24)7-9-17(19)29(22)4/h6-9,11-12H,5,10,13H2,1-4H3. The van der Waals surface area contributed by atoms with E-state index in [2.05, 4.69) is 26.7 Å². The van der Waals surface area contributed by atoms with Gasteiger partial charge in [0.2, 0.25) is 0 Å². The normalized spacial score (nSPS) is 18.6. The van der Waals surface area contributed by atoms with E-state index in [1.807, 2.05) is 50.1 Å². The maximum absolute atomic E-state index is 13.9. The highest BCUT2D eigenvalue weighted by atomic mass is 35.5. The quantitative estimate of drug-likeness (QED) is 0.472. The molecule has 0 N–H and O–H groups in total. The van der Waals surface area contributed by atoms with Crippen LogP contribution in [0.5, 0.6) is 0 Å². The maximum atomic E-state index is 13.9. The van der Waals surface area contributed by atoms with Gasteiger partial charge in [0.05, 0.1) is 29.0 Å². The van der Waals surface area contributed by atoms with E-state index in [-0.39, 0.29) is 5.91 Å². The van der Waals surface area contributed by atoms with Crippen molar-refractivity contribution in [3.05, 3.63) is 64.5 Å². The zero-order valence-corrected chi connectivity index (χ0v) is 19.3. The Kier molecular flexibility index (Phi) is 4.78. The third kappa shape index (κ3) is 3.01. The largest absolute Gasteiger partial charge is 0.329 e. The molecule has 1 aliphatic rings. The third-order valence-electron chi connectivity index (χ3n) is 6.46. The summed E-state index contributed by atoms with van der Waals surface area (Å²) in [6.07, 6.45) is 4.86. The molecule has 0 bridgehead atoms. The summed E-state index contributed by atoms with van der Waals surface area (Å²) < 4.78 is 2.07. The Hall–Kier alpha value is -3.26. The molecule has 1 atom stereocenters. The fourth-order valence-electron chi connectivity index (χ4n) is 4.71. The fraction of sp³-hybridized carbons (Fsp3) is 0.348. The molecule has 0 radical (unpaired) electrons. The van der Waals surface area contributed by atoms with Crippen LogP contribution in [0.2, 0.25) is 5.02 Å². The summed E-state index contributed by atoms with van der Waals surface area (Å²) in [5, 5.41) is 9.10. The van der Waals surface area contributed by atoms with Crippen molar-refractivity contribution < 1.29 is 4.79 Å². The second-order valence-electron chi connectivity index (χ2n) is 8.51. The number of carbonyl (C=O) groups excluding carboxylic acids is 1. The number of halogens is 1. The van der Waals surface area contributed by atoms with E-state index in [4.69, 9.17) is 16.6 Å². The molecule has 0 saturated carbocycles. The monoisotopic (exact) mass is 449 g/mol. The number of pyridine rings is 1. The summed E-state index contributed by atoms with van der Waals surface area (Å²) in [6.45, 7) is 6.55. The van der Waals surface area contributed by atoms with E-state index in [1.54, 1.807) is 12.4 Å². The van der Waals surface area contributed by atoms with Gasteiger partial charge in [0, 0.05) is 24.3 Å². The third-order valence-corrected chi connectivity index (χ3v) is 6.87. The Balaban J connectivity index is 1.63. The van der Waals surface area contributed by atoms with Crippen LogP contribution in [0.25, 0.3) is 16.7 Å². The Morgan fingerprint density at radius 3 is 2.59 bits per heavy atom. The topological polar surface area (TPSA) is 81.7 Å². The van der Waals surface area contributed by atoms with E-state index in [0.29, 0.717) is 22.9 Å². The molecule has 0 aliphatic carbocycles. The number of rotatable bonds is 3. The minimum Gasteiger partial charge on any atom is -0.329 e. The minimum absolute atomic E-state index is 0.150. The molecule has 32 heavy (non-hydrogen) atoms. The number of fused-ring (bicyclic) bond motifs is 1. The first-order chi connectivity index (χ1) is 15.3. The summed E-state index contributed by atoms with van der Waals surface area (Å²) in [6, 6.07) is 7.57. The van der Waals surface area contributed by atoms with Gasteiger partial charge in [-0.1, -0.05) is 11.6 Å². The van der Waals surface area contributed by atoms with E-state index in [9.17, 15) is 4.79 Å². The van der Waals surface area contributed by atoms with Crippen molar-refractivity contribution in [1.82, 2.24) is 34.4 Å². The van der Waals surface area contributed by atoms with Gasteiger partial charge in [-0.05, 0) is 63.4 Å². The lowest BCUT2D eigenvalue weighted by Gasteiger charge is -2.34. The van der Waals surface area contributed by atoms with Crippen molar-refractivity contribution in [2.75, 3.05) is 6.54 Å². The number of aryl methyl sites for hydroxylation is 3. The highest BCUT2D eigenvalue weighted by Crippen LogP contribution is 2.41. The molecule has 5 rings (SSSR count). The van der Waals surface area contributed by atoms with Gasteiger partial charge in [-0.25, -0.2) is 9.97 Å². The van der Waals surface area contributed by atoms with Gasteiger partial charge < -0.3 is 9.47 Å². The van der Waals surface area contributed by atoms with Crippen LogP contribution in [0.4, 0.5) is 0 Å². The van der Waals surface area contributed by atoms with Crippen LogP contribution in [0, 0.1) is 13.8 Å². The molecular weight excluding hydrogens is 426 g/mol. The number of hydrogen-bond donors (Lipinski definition) is 0. The number of aromatic nitrogens is 6. The summed E-state index contributed by atoms with van der Waals surface area (Å²) >= 11 is 6.35. The SMILES string of the molecule is Cc1ccc(-n2nccn2)c(C(=O)N2CCCC2(C)c2nc3c(C)c(Cl)ccc3n2C)n1. The summed E-state index contributed by atoms with van der Waals surface area (Å²) in [5.41, 5.74) is 3.89. The lowest BCUT2D eigenvalue weighted by atomic mass is 9.97. The van der Waals surface area contributed by atoms with Crippen molar-refractivity contribution in [3.8, 4) is 5.69 Å². The number of nitrogens with zero attached hydrogens (tertiary/aromatic N) is 7. The van der Waals surface area contributed by atoms with Gasteiger partial charge >= 0.3 is 0 Å². The molecule has 1 aromatic carbocycles. The van der Waals surface area contributed by atoms with E-state index in [0.717, 1.165) is 41.0 Å². The van der Waals surface area contributed by atoms with Crippen molar-refractivity contribution in [3.63, 3.8) is 0 Å². The maximum Gasteiger partial charge on any atom is 0.275 e. The van der Waals surface area contributed by atoms with Crippen LogP contribution < -0.4 is 0 Å². The molecule has 164 valence electrons. The molecule has 4 heterocycles. The number of likely N-dealkylation sites (tertiary alicyclic amines) is 1. The zero-order chi connectivity index (χ0) is 22.6. The molecule has 1 fully saturated rings. The van der Waals surface area contributed by atoms with Crippen molar-refractivity contribution in [1.29, 1.82) is 0 Å². The first-order valence-corrected chi connectivity index (χ1v) is 11.0. The number of imidazole rings is 1. The zero-order valence-electron chi connectivity index (χ0n) is 18.5. The lowest BCUT2D eigenvalue weighted by molar-refractivity contribution is 0.0593. The second-order valence-corrected chi connectivity index (χ2v) is 8.91. The van der Waals surface area contributed by atoms with E-state index < -0.39 is 5.54 Å². The molecule has 1 amide bonds. The molecule has 0 spiro atoms. The van der Waals surface area contributed by atoms with Crippen LogP contribution in [-0.2, 0) is 12.6 Å². The highest BCUT2D eigenvalue weighted by Gasteiger charge is 2.45. The molecule has 1 unspecified atom stereocenters. The predicted molar refractivity (Wildman–Crippen MR) is 122 cm³/mol. The van der Waals surface area contributed by atoms with Crippen LogP contribution in [0.3, 0.4) is 0 Å². The smallest absolute Gasteiger partial charge is 0.275 e. The average Bonchev–Trinajstić information content (AvgIpc) is 3.50. The van der Waals surface area contributed by atoms with Gasteiger partial charge in [-0.3, -0.25) is 4.79 Å². The van der Waals surface area contributed by atoms with E-state index >= 15 is 0 Å². The van der Waals surface area contributed by atoms with Gasteiger partial charge in [0.15, 0.2) is 5.69 Å². The number of benzene rings is 1. The number of carbonyl (C=O) groups is 1. The molecule has 3 aromatic heterocycles. The summed E-state index contributed by atoms with van der Waals surface area (Å²) in [7, 11) is 1.99. The van der Waals surface area contributed by atoms with Gasteiger partial charge in [-0.2, -0.15) is 10.2 Å². The van der Waals surface area contributed by atoms with Gasteiger partial charge in [-0.15, -0.1) is 4.80 Å². The second kappa shape index (κ2) is 7.41. The number of amides is 1. The van der Waals surface area contributed by atoms with Crippen LogP contribution in [0.15, 0.2) is 36.7 Å². The van der Waals surface area contributed by atoms with Crippen molar-refractivity contribution >= 4 is 28.5 Å². The molecule has 1 aliphatic heterocycles. The fourth-order valence-corrected chi connectivity index (χ4v) is 4.86. The molecular formula is C23H24ClN7O. The van der Waals surface area contributed by atoms with Gasteiger partial charge in [0.25, 0.3) is 5.91 Å². The van der Waals surface area contributed by atoms with Crippen LogP contribution in [-0.4, -0.2) is 46.9 Å². The van der Waals surface area contributed by atoms with Crippen LogP contribution >= 0.6 is 11.6 Å². The van der Waals surface area contributed by atoms with Crippen LogP contribution in [0.1, 0.15) is 47.3 Å². The lowest BCUT2D eigenvalue weighted by Crippen LogP contribution is -2.45. The first kappa shape index (κ1) is 20.6. The van der Waals surface area contributed by atoms with Gasteiger partial charge in [0.1, 0.15) is 11.5 Å². The Labute approximate surface area is 190 Å². The Morgan fingerprint density at radius 2 is 1.84 bits per heavy atom.